The van der Waals surface area contributed by atoms with Crippen LogP contribution in [0.4, 0.5) is 11.4 Å². The van der Waals surface area contributed by atoms with Crippen LogP contribution in [0.5, 0.6) is 5.75 Å². The minimum atomic E-state index is -0.630. The first-order chi connectivity index (χ1) is 20.4. The number of rotatable bonds is 9. The number of carbonyl (C=O) groups is 2. The maximum absolute atomic E-state index is 13.7. The molecule has 0 radical (unpaired) electrons. The van der Waals surface area contributed by atoms with Crippen LogP contribution in [0.3, 0.4) is 0 Å². The molecule has 2 N–H and O–H groups in total. The number of methoxy groups -OCH3 is 1. The predicted molar refractivity (Wildman–Crippen MR) is 167 cm³/mol. The molecule has 0 saturated carbocycles. The first kappa shape index (κ1) is 28.5. The van der Waals surface area contributed by atoms with Crippen LogP contribution in [-0.2, 0) is 11.8 Å². The number of aromatic nitrogens is 2. The van der Waals surface area contributed by atoms with Crippen LogP contribution in [0.15, 0.2) is 119 Å². The maximum Gasteiger partial charge on any atom is 0.295 e. The molecule has 1 unspecified atom stereocenters. The van der Waals surface area contributed by atoms with Gasteiger partial charge in [0.05, 0.1) is 18.5 Å². The van der Waals surface area contributed by atoms with E-state index >= 15 is 0 Å². The van der Waals surface area contributed by atoms with E-state index in [0.29, 0.717) is 28.4 Å². The minimum Gasteiger partial charge on any atom is -0.497 e. The molecule has 2 amide bonds. The van der Waals surface area contributed by atoms with Gasteiger partial charge in [-0.25, -0.2) is 4.68 Å². The second-order valence-corrected chi connectivity index (χ2v) is 10.7. The van der Waals surface area contributed by atoms with Crippen molar-refractivity contribution in [2.24, 2.45) is 7.05 Å². The van der Waals surface area contributed by atoms with Crippen LogP contribution >= 0.6 is 11.8 Å². The molecule has 1 heterocycles. The summed E-state index contributed by atoms with van der Waals surface area (Å²) in [4.78, 5) is 40.6. The molecule has 0 aliphatic heterocycles. The molecule has 212 valence electrons. The number of benzene rings is 4. The molecule has 0 aliphatic rings. The third kappa shape index (κ3) is 6.16. The van der Waals surface area contributed by atoms with Gasteiger partial charge < -0.3 is 15.4 Å². The molecule has 1 aromatic heterocycles. The van der Waals surface area contributed by atoms with Crippen LogP contribution in [0, 0.1) is 6.92 Å². The number of para-hydroxylation sites is 1. The molecule has 1 atom stereocenters. The average molecular weight is 579 g/mol. The first-order valence-electron chi connectivity index (χ1n) is 13.3. The Morgan fingerprint density at radius 3 is 2.05 bits per heavy atom. The number of amides is 2. The molecule has 0 fully saturated rings. The van der Waals surface area contributed by atoms with Crippen LogP contribution in [0.25, 0.3) is 5.69 Å². The Bertz CT molecular complexity index is 1750. The molecule has 8 nitrogen and oxygen atoms in total. The normalized spacial score (nSPS) is 11.5. The van der Waals surface area contributed by atoms with Gasteiger partial charge in [0, 0.05) is 23.2 Å². The van der Waals surface area contributed by atoms with Crippen molar-refractivity contribution < 1.29 is 14.3 Å². The lowest BCUT2D eigenvalue weighted by atomic mass is 10.1. The van der Waals surface area contributed by atoms with Gasteiger partial charge in [0.1, 0.15) is 16.7 Å². The molecule has 42 heavy (non-hydrogen) atoms. The second-order valence-electron chi connectivity index (χ2n) is 9.54. The highest BCUT2D eigenvalue weighted by Crippen LogP contribution is 2.37. The van der Waals surface area contributed by atoms with Gasteiger partial charge in [-0.05, 0) is 73.2 Å². The maximum atomic E-state index is 13.7. The summed E-state index contributed by atoms with van der Waals surface area (Å²) >= 11 is 1.36. The van der Waals surface area contributed by atoms with Crippen molar-refractivity contribution in [1.82, 2.24) is 9.36 Å². The highest BCUT2D eigenvalue weighted by atomic mass is 32.2. The minimum absolute atomic E-state index is 0.237. The Morgan fingerprint density at radius 2 is 1.43 bits per heavy atom. The van der Waals surface area contributed by atoms with E-state index in [1.807, 2.05) is 72.8 Å². The fourth-order valence-electron chi connectivity index (χ4n) is 4.50. The summed E-state index contributed by atoms with van der Waals surface area (Å²) in [5.41, 5.74) is 3.23. The van der Waals surface area contributed by atoms with Crippen molar-refractivity contribution in [3.63, 3.8) is 0 Å². The van der Waals surface area contributed by atoms with Gasteiger partial charge in [-0.15, -0.1) is 11.8 Å². The SMILES string of the molecule is COc1ccc(C(=O)Nc2ccc(SC(C(=O)Nc3c(C)n(C)n(-c4ccccc4)c3=O)c3ccccc3)cc2)cc1. The number of nitrogens with one attached hydrogen (secondary N) is 2. The molecule has 0 saturated heterocycles. The Kier molecular flexibility index (Phi) is 8.59. The number of thioether (sulfide) groups is 1. The summed E-state index contributed by atoms with van der Waals surface area (Å²) in [6.07, 6.45) is 0. The zero-order valence-electron chi connectivity index (χ0n) is 23.4. The van der Waals surface area contributed by atoms with Crippen molar-refractivity contribution in [1.29, 1.82) is 0 Å². The van der Waals surface area contributed by atoms with Crippen molar-refractivity contribution in [2.75, 3.05) is 17.7 Å². The third-order valence-corrected chi connectivity index (χ3v) is 8.13. The largest absolute Gasteiger partial charge is 0.497 e. The molecule has 0 aliphatic carbocycles. The van der Waals surface area contributed by atoms with Crippen molar-refractivity contribution in [3.8, 4) is 11.4 Å². The summed E-state index contributed by atoms with van der Waals surface area (Å²) in [6, 6.07) is 32.9. The second kappa shape index (κ2) is 12.7. The molecule has 5 rings (SSSR count). The van der Waals surface area contributed by atoms with Gasteiger partial charge in [0.2, 0.25) is 5.91 Å². The van der Waals surface area contributed by atoms with Crippen molar-refractivity contribution >= 4 is 35.0 Å². The third-order valence-electron chi connectivity index (χ3n) is 6.86. The fraction of sp³-hybridized carbons (Fsp3) is 0.121. The number of hydrogen-bond acceptors (Lipinski definition) is 5. The summed E-state index contributed by atoms with van der Waals surface area (Å²) < 4.78 is 8.42. The smallest absolute Gasteiger partial charge is 0.295 e. The van der Waals surface area contributed by atoms with Crippen LogP contribution in [0.1, 0.15) is 26.9 Å². The quantitative estimate of drug-likeness (QED) is 0.203. The first-order valence-corrected chi connectivity index (χ1v) is 14.2. The van der Waals surface area contributed by atoms with E-state index in [0.717, 1.165) is 10.5 Å². The number of nitrogens with zero attached hydrogens (tertiary/aromatic N) is 2. The summed E-state index contributed by atoms with van der Waals surface area (Å²) in [6.45, 7) is 1.81. The zero-order valence-corrected chi connectivity index (χ0v) is 24.2. The molecule has 4 aromatic carbocycles. The van der Waals surface area contributed by atoms with E-state index in [1.165, 1.54) is 16.4 Å². The lowest BCUT2D eigenvalue weighted by Gasteiger charge is -2.17. The number of carbonyl (C=O) groups excluding carboxylic acids is 2. The van der Waals surface area contributed by atoms with Crippen molar-refractivity contribution in [2.45, 2.75) is 17.1 Å². The molecule has 0 spiro atoms. The highest BCUT2D eigenvalue weighted by Gasteiger charge is 2.26. The zero-order chi connectivity index (χ0) is 29.6. The van der Waals surface area contributed by atoms with Gasteiger partial charge in [0.15, 0.2) is 0 Å². The van der Waals surface area contributed by atoms with Gasteiger partial charge >= 0.3 is 0 Å². The van der Waals surface area contributed by atoms with Gasteiger partial charge in [-0.3, -0.25) is 19.1 Å². The monoisotopic (exact) mass is 578 g/mol. The Balaban J connectivity index is 1.35. The van der Waals surface area contributed by atoms with E-state index in [2.05, 4.69) is 10.6 Å². The van der Waals surface area contributed by atoms with E-state index in [1.54, 1.807) is 62.2 Å². The molecular formula is C33H30N4O4S. The highest BCUT2D eigenvalue weighted by molar-refractivity contribution is 8.00. The number of ether oxygens (including phenoxy) is 1. The Morgan fingerprint density at radius 1 is 0.810 bits per heavy atom. The van der Waals surface area contributed by atoms with E-state index in [9.17, 15) is 14.4 Å². The van der Waals surface area contributed by atoms with Crippen LogP contribution in [0.2, 0.25) is 0 Å². The van der Waals surface area contributed by atoms with Gasteiger partial charge in [0.25, 0.3) is 11.5 Å². The Labute approximate surface area is 247 Å². The van der Waals surface area contributed by atoms with Crippen LogP contribution in [-0.4, -0.2) is 28.3 Å². The number of hydrogen-bond donors (Lipinski definition) is 2. The molecule has 5 aromatic rings. The lowest BCUT2D eigenvalue weighted by Crippen LogP contribution is -2.25. The van der Waals surface area contributed by atoms with Gasteiger partial charge in [-0.1, -0.05) is 48.5 Å². The van der Waals surface area contributed by atoms with E-state index < -0.39 is 5.25 Å². The summed E-state index contributed by atoms with van der Waals surface area (Å²) in [7, 11) is 3.36. The molecule has 9 heteroatoms. The average Bonchev–Trinajstić information content (AvgIpc) is 3.24. The standard InChI is InChI=1S/C33H30N4O4S/c1-22-29(33(40)37(36(22)2)26-12-8-5-9-13-26)35-32(39)30(23-10-6-4-7-11-23)42-28-20-16-25(17-21-28)34-31(38)24-14-18-27(41-3)19-15-24/h4-21,30H,1-3H3,(H,34,38)(H,35,39). The summed E-state index contributed by atoms with van der Waals surface area (Å²) in [5.74, 6) is 0.127. The van der Waals surface area contributed by atoms with Crippen LogP contribution < -0.4 is 20.9 Å². The van der Waals surface area contributed by atoms with E-state index in [4.69, 9.17) is 4.74 Å². The fourth-order valence-corrected chi connectivity index (χ4v) is 5.52. The van der Waals surface area contributed by atoms with Crippen molar-refractivity contribution in [3.05, 3.63) is 136 Å². The topological polar surface area (TPSA) is 94.4 Å². The Hall–Kier alpha value is -5.02. The van der Waals surface area contributed by atoms with Gasteiger partial charge in [-0.2, -0.15) is 0 Å². The number of anilines is 2. The van der Waals surface area contributed by atoms with E-state index in [-0.39, 0.29) is 23.1 Å². The molecular weight excluding hydrogens is 548 g/mol. The predicted octanol–water partition coefficient (Wildman–Crippen LogP) is 6.22. The lowest BCUT2D eigenvalue weighted by molar-refractivity contribution is -0.115. The summed E-state index contributed by atoms with van der Waals surface area (Å²) in [5, 5.41) is 5.17. The molecule has 0 bridgehead atoms.